The summed E-state index contributed by atoms with van der Waals surface area (Å²) in [5.41, 5.74) is 1.63. The van der Waals surface area contributed by atoms with Crippen LogP contribution in [0.2, 0.25) is 0 Å². The van der Waals surface area contributed by atoms with Crippen molar-refractivity contribution in [1.82, 2.24) is 24.4 Å². The number of Topliss-reactive ketones (excluding diaryl/α,β-unsaturated/α-hetero) is 1. The van der Waals surface area contributed by atoms with Gasteiger partial charge in [-0.25, -0.2) is 14.2 Å². The third-order valence-corrected chi connectivity index (χ3v) is 9.86. The molecule has 1 N–H and O–H groups in total. The number of anilines is 2. The van der Waals surface area contributed by atoms with Crippen LogP contribution in [0.25, 0.3) is 11.0 Å². The van der Waals surface area contributed by atoms with Gasteiger partial charge in [0, 0.05) is 52.8 Å². The summed E-state index contributed by atoms with van der Waals surface area (Å²) in [6.45, 7) is 5.64. The van der Waals surface area contributed by atoms with Crippen LogP contribution < -0.4 is 15.6 Å². The number of hydrogen-bond acceptors (Lipinski definition) is 10. The number of pyridine rings is 1. The first-order valence-electron chi connectivity index (χ1n) is 14.3. The average Bonchev–Trinajstić information content (AvgIpc) is 3.71. The number of thiazole rings is 1. The quantitative estimate of drug-likeness (QED) is 0.210. The molecule has 44 heavy (non-hydrogen) atoms. The standard InChI is InChI=1S/C32H32N6O4S2/c1-20(2)28(39)27-16-22-17-34-31(35-23-6-8-24(9-7-23)42-25-12-14-37(3)19-25)36-29(22)38(30(27)40)18-21-4-10-26(11-5-21)44(41)32-33-13-15-43-32/h4-11,13,15-17,20,25H,12,14,18-19H2,1-3H3,(H,34,35,36). The summed E-state index contributed by atoms with van der Waals surface area (Å²) in [6.07, 6.45) is 4.43. The molecule has 0 spiro atoms. The Kier molecular flexibility index (Phi) is 8.65. The molecule has 2 unspecified atom stereocenters. The average molecular weight is 629 g/mol. The zero-order valence-electron chi connectivity index (χ0n) is 24.6. The molecule has 0 radical (unpaired) electrons. The molecule has 0 aliphatic carbocycles. The van der Waals surface area contributed by atoms with Gasteiger partial charge in [0.05, 0.1) is 12.1 Å². The molecule has 2 aromatic carbocycles. The van der Waals surface area contributed by atoms with Gasteiger partial charge in [-0.15, -0.1) is 11.3 Å². The van der Waals surface area contributed by atoms with Crippen LogP contribution in [0.3, 0.4) is 0 Å². The number of ether oxygens (including phenoxy) is 1. The molecule has 1 aliphatic heterocycles. The number of hydrogen-bond donors (Lipinski definition) is 1. The molecular weight excluding hydrogens is 597 g/mol. The summed E-state index contributed by atoms with van der Waals surface area (Å²) >= 11 is 1.33. The molecule has 5 aromatic rings. The number of aromatic nitrogens is 4. The Bertz CT molecular complexity index is 1870. The fourth-order valence-electron chi connectivity index (χ4n) is 5.09. The summed E-state index contributed by atoms with van der Waals surface area (Å²) in [7, 11) is 0.706. The number of carbonyl (C=O) groups excluding carboxylic acids is 1. The SMILES string of the molecule is CC(C)C(=O)c1cc2cnc(Nc3ccc(OC4CCN(C)C4)cc3)nc2n(Cc2ccc(S(=O)c3nccs3)cc2)c1=O. The van der Waals surface area contributed by atoms with Crippen LogP contribution >= 0.6 is 11.3 Å². The van der Waals surface area contributed by atoms with Crippen LogP contribution in [0.1, 0.15) is 36.2 Å². The second kappa shape index (κ2) is 12.8. The second-order valence-electron chi connectivity index (χ2n) is 11.1. The van der Waals surface area contributed by atoms with Gasteiger partial charge in [-0.05, 0) is 61.5 Å². The second-order valence-corrected chi connectivity index (χ2v) is 13.6. The maximum absolute atomic E-state index is 13.7. The van der Waals surface area contributed by atoms with Crippen molar-refractivity contribution in [3.8, 4) is 5.75 Å². The molecule has 12 heteroatoms. The predicted octanol–water partition coefficient (Wildman–Crippen LogP) is 5.13. The number of ketones is 1. The van der Waals surface area contributed by atoms with E-state index in [0.29, 0.717) is 26.2 Å². The highest BCUT2D eigenvalue weighted by Gasteiger charge is 2.22. The molecule has 3 aromatic heterocycles. The Balaban J connectivity index is 1.29. The molecule has 226 valence electrons. The summed E-state index contributed by atoms with van der Waals surface area (Å²) in [4.78, 5) is 42.9. The minimum Gasteiger partial charge on any atom is -0.489 e. The maximum Gasteiger partial charge on any atom is 0.263 e. The molecule has 1 fully saturated rings. The molecule has 0 bridgehead atoms. The van der Waals surface area contributed by atoms with Gasteiger partial charge in [0.15, 0.2) is 10.1 Å². The van der Waals surface area contributed by atoms with Crippen molar-refractivity contribution < 1.29 is 13.7 Å². The first-order chi connectivity index (χ1) is 21.2. The highest BCUT2D eigenvalue weighted by atomic mass is 32.2. The minimum absolute atomic E-state index is 0.0994. The molecule has 4 heterocycles. The number of fused-ring (bicyclic) bond motifs is 1. The minimum atomic E-state index is -1.38. The monoisotopic (exact) mass is 628 g/mol. The van der Waals surface area contributed by atoms with Crippen LogP contribution in [0, 0.1) is 5.92 Å². The van der Waals surface area contributed by atoms with Crippen molar-refractivity contribution in [3.63, 3.8) is 0 Å². The number of benzene rings is 2. The maximum atomic E-state index is 13.7. The van der Waals surface area contributed by atoms with Gasteiger partial charge in [-0.2, -0.15) is 4.98 Å². The molecule has 1 saturated heterocycles. The highest BCUT2D eigenvalue weighted by Crippen LogP contribution is 2.24. The van der Waals surface area contributed by atoms with E-state index in [1.807, 2.05) is 36.4 Å². The fourth-order valence-corrected chi connectivity index (χ4v) is 6.99. The third kappa shape index (κ3) is 6.47. The lowest BCUT2D eigenvalue weighted by Crippen LogP contribution is -2.29. The largest absolute Gasteiger partial charge is 0.489 e. The third-order valence-electron chi connectivity index (χ3n) is 7.42. The zero-order chi connectivity index (χ0) is 30.8. The summed E-state index contributed by atoms with van der Waals surface area (Å²) in [6, 6.07) is 16.4. The van der Waals surface area contributed by atoms with Gasteiger partial charge in [0.25, 0.3) is 5.56 Å². The van der Waals surface area contributed by atoms with Gasteiger partial charge in [-0.1, -0.05) is 26.0 Å². The Morgan fingerprint density at radius 1 is 1.14 bits per heavy atom. The lowest BCUT2D eigenvalue weighted by atomic mass is 10.0. The van der Waals surface area contributed by atoms with Gasteiger partial charge in [-0.3, -0.25) is 14.2 Å². The zero-order valence-corrected chi connectivity index (χ0v) is 26.2. The molecule has 6 rings (SSSR count). The van der Waals surface area contributed by atoms with E-state index < -0.39 is 16.4 Å². The predicted molar refractivity (Wildman–Crippen MR) is 172 cm³/mol. The van der Waals surface area contributed by atoms with E-state index in [4.69, 9.17) is 9.72 Å². The van der Waals surface area contributed by atoms with E-state index in [-0.39, 0.29) is 29.9 Å². The van der Waals surface area contributed by atoms with E-state index in [0.717, 1.165) is 36.5 Å². The number of rotatable bonds is 10. The molecule has 2 atom stereocenters. The first-order valence-corrected chi connectivity index (χ1v) is 16.4. The highest BCUT2D eigenvalue weighted by molar-refractivity contribution is 7.87. The number of likely N-dealkylation sites (N-methyl/N-ethyl adjacent to an activating group) is 1. The molecule has 10 nitrogen and oxygen atoms in total. The smallest absolute Gasteiger partial charge is 0.263 e. The van der Waals surface area contributed by atoms with Gasteiger partial charge in [0.1, 0.15) is 28.3 Å². The van der Waals surface area contributed by atoms with E-state index >= 15 is 0 Å². The van der Waals surface area contributed by atoms with Gasteiger partial charge >= 0.3 is 0 Å². The van der Waals surface area contributed by atoms with Crippen LogP contribution in [-0.4, -0.2) is 60.7 Å². The molecular formula is C32H32N6O4S2. The van der Waals surface area contributed by atoms with Crippen LogP contribution in [0.4, 0.5) is 11.6 Å². The van der Waals surface area contributed by atoms with Crippen molar-refractivity contribution in [1.29, 1.82) is 0 Å². The number of carbonyl (C=O) groups is 1. The van der Waals surface area contributed by atoms with Crippen LogP contribution in [0.15, 0.2) is 86.4 Å². The topological polar surface area (TPSA) is 119 Å². The Hall–Kier alpha value is -4.26. The Morgan fingerprint density at radius 3 is 2.57 bits per heavy atom. The van der Waals surface area contributed by atoms with E-state index in [2.05, 4.69) is 27.2 Å². The van der Waals surface area contributed by atoms with E-state index in [1.165, 1.54) is 15.9 Å². The van der Waals surface area contributed by atoms with Crippen molar-refractivity contribution >= 4 is 50.6 Å². The summed E-state index contributed by atoms with van der Waals surface area (Å²) in [5, 5.41) is 5.58. The van der Waals surface area contributed by atoms with Crippen LogP contribution in [-0.2, 0) is 17.3 Å². The Labute approximate surface area is 261 Å². The van der Waals surface area contributed by atoms with Crippen molar-refractivity contribution in [3.05, 3.63) is 93.9 Å². The summed E-state index contributed by atoms with van der Waals surface area (Å²) in [5.74, 6) is 0.521. The molecule has 0 saturated carbocycles. The number of likely N-dealkylation sites (tertiary alicyclic amines) is 1. The lowest BCUT2D eigenvalue weighted by Gasteiger charge is -2.15. The van der Waals surface area contributed by atoms with Gasteiger partial charge in [0.2, 0.25) is 5.95 Å². The number of nitrogens with one attached hydrogen (secondary N) is 1. The summed E-state index contributed by atoms with van der Waals surface area (Å²) < 4.78 is 20.9. The first kappa shape index (κ1) is 29.8. The van der Waals surface area contributed by atoms with Crippen molar-refractivity contribution in [2.24, 2.45) is 5.92 Å². The van der Waals surface area contributed by atoms with Gasteiger partial charge < -0.3 is 15.0 Å². The van der Waals surface area contributed by atoms with E-state index in [9.17, 15) is 13.8 Å². The Morgan fingerprint density at radius 2 is 1.91 bits per heavy atom. The normalized spacial score (nSPS) is 16.0. The van der Waals surface area contributed by atoms with Crippen molar-refractivity contribution in [2.45, 2.75) is 42.2 Å². The van der Waals surface area contributed by atoms with Crippen LogP contribution in [0.5, 0.6) is 5.75 Å². The lowest BCUT2D eigenvalue weighted by molar-refractivity contribution is 0.0937. The van der Waals surface area contributed by atoms with Crippen molar-refractivity contribution in [2.75, 3.05) is 25.5 Å². The molecule has 1 aliphatic rings. The number of nitrogens with zero attached hydrogens (tertiary/aromatic N) is 5. The fraction of sp³-hybridized carbons (Fsp3) is 0.281. The molecule has 0 amide bonds. The van der Waals surface area contributed by atoms with E-state index in [1.54, 1.807) is 49.8 Å².